The fraction of sp³-hybridized carbons (Fsp3) is 0.857. The van der Waals surface area contributed by atoms with E-state index in [0.29, 0.717) is 8.64 Å². The molecule has 0 unspecified atom stereocenters. The SMILES string of the molecule is OCCN1CCN(C(=S)[S-])CC1.OCCN1CCN(C(=S)[S-])CC1.[Zn]. The number of piperazine rings is 2. The predicted octanol–water partition coefficient (Wildman–Crippen LogP) is -1.15. The van der Waals surface area contributed by atoms with Gasteiger partial charge in [-0.25, -0.2) is 0 Å². The Kier molecular flexibility index (Phi) is 15.1. The van der Waals surface area contributed by atoms with Crippen LogP contribution < -0.4 is 0 Å². The van der Waals surface area contributed by atoms with Gasteiger partial charge >= 0.3 is 0 Å². The van der Waals surface area contributed by atoms with E-state index in [1.165, 1.54) is 0 Å². The van der Waals surface area contributed by atoms with Crippen molar-refractivity contribution in [3.63, 3.8) is 0 Å². The molecule has 0 radical (unpaired) electrons. The number of thiocarbonyl (C=S) groups is 2. The summed E-state index contributed by atoms with van der Waals surface area (Å²) in [7, 11) is 0. The van der Waals surface area contributed by atoms with Gasteiger partial charge < -0.3 is 69.7 Å². The van der Waals surface area contributed by atoms with Crippen LogP contribution in [0.15, 0.2) is 0 Å². The molecule has 0 amide bonds. The van der Waals surface area contributed by atoms with Gasteiger partial charge in [-0.2, -0.15) is 0 Å². The Morgan fingerprint density at radius 3 is 1.16 bits per heavy atom. The Hall–Kier alpha value is 0.683. The van der Waals surface area contributed by atoms with Crippen LogP contribution in [0, 0.1) is 0 Å². The average molecular weight is 476 g/mol. The molecule has 142 valence electrons. The van der Waals surface area contributed by atoms with Crippen molar-refractivity contribution in [2.75, 3.05) is 78.7 Å². The molecule has 0 saturated carbocycles. The van der Waals surface area contributed by atoms with Gasteiger partial charge in [0.15, 0.2) is 0 Å². The first kappa shape index (κ1) is 25.7. The largest absolute Gasteiger partial charge is 0.411 e. The Bertz CT molecular complexity index is 357. The zero-order valence-electron chi connectivity index (χ0n) is 14.5. The van der Waals surface area contributed by atoms with Crippen molar-refractivity contribution in [3.05, 3.63) is 0 Å². The molecule has 0 spiro atoms. The molecule has 2 heterocycles. The Morgan fingerprint density at radius 2 is 0.960 bits per heavy atom. The third-order valence-corrected chi connectivity index (χ3v) is 5.13. The van der Waals surface area contributed by atoms with E-state index in [1.807, 2.05) is 9.80 Å². The van der Waals surface area contributed by atoms with Crippen molar-refractivity contribution in [2.24, 2.45) is 0 Å². The van der Waals surface area contributed by atoms with E-state index in [1.54, 1.807) is 0 Å². The van der Waals surface area contributed by atoms with Crippen molar-refractivity contribution in [3.8, 4) is 0 Å². The zero-order chi connectivity index (χ0) is 17.9. The summed E-state index contributed by atoms with van der Waals surface area (Å²) in [5.41, 5.74) is 0. The summed E-state index contributed by atoms with van der Waals surface area (Å²) in [5, 5.41) is 17.4. The van der Waals surface area contributed by atoms with Crippen LogP contribution in [0.25, 0.3) is 0 Å². The Labute approximate surface area is 185 Å². The second-order valence-corrected chi connectivity index (χ2v) is 7.70. The van der Waals surface area contributed by atoms with E-state index in [0.717, 1.165) is 65.4 Å². The van der Waals surface area contributed by atoms with Crippen LogP contribution in [0.1, 0.15) is 0 Å². The maximum Gasteiger partial charge on any atom is 0.0558 e. The quantitative estimate of drug-likeness (QED) is 0.296. The number of hydrogen-bond donors (Lipinski definition) is 2. The molecule has 2 saturated heterocycles. The first-order chi connectivity index (χ1) is 11.5. The third-order valence-electron chi connectivity index (χ3n) is 4.09. The van der Waals surface area contributed by atoms with Crippen LogP contribution >= 0.6 is 24.4 Å². The van der Waals surface area contributed by atoms with Gasteiger partial charge in [-0.3, -0.25) is 9.80 Å². The number of aliphatic hydroxyl groups is 2. The van der Waals surface area contributed by atoms with Gasteiger partial charge in [0, 0.05) is 84.9 Å². The van der Waals surface area contributed by atoms with Gasteiger partial charge in [-0.1, -0.05) is 8.64 Å². The number of hydrogen-bond acceptors (Lipinski definition) is 8. The van der Waals surface area contributed by atoms with E-state index >= 15 is 0 Å². The van der Waals surface area contributed by atoms with Crippen molar-refractivity contribution < 1.29 is 29.7 Å². The number of β-amino-alcohol motifs (C(OH)–C–C–N with tert-alkyl or cyclic N) is 2. The summed E-state index contributed by atoms with van der Waals surface area (Å²) in [4.78, 5) is 8.48. The molecule has 0 aromatic heterocycles. The molecule has 6 nitrogen and oxygen atoms in total. The minimum Gasteiger partial charge on any atom is -0.411 e. The molecule has 0 aliphatic carbocycles. The number of aliphatic hydroxyl groups excluding tert-OH is 2. The topological polar surface area (TPSA) is 53.4 Å². The van der Waals surface area contributed by atoms with Gasteiger partial charge in [0.2, 0.25) is 0 Å². The van der Waals surface area contributed by atoms with Crippen LogP contribution in [-0.2, 0) is 44.7 Å². The van der Waals surface area contributed by atoms with Crippen molar-refractivity contribution in [2.45, 2.75) is 0 Å². The molecule has 2 rings (SSSR count). The molecule has 2 N–H and O–H groups in total. The summed E-state index contributed by atoms with van der Waals surface area (Å²) in [6.45, 7) is 9.44. The molecule has 25 heavy (non-hydrogen) atoms. The molecule has 2 fully saturated rings. The van der Waals surface area contributed by atoms with Crippen LogP contribution in [0.2, 0.25) is 0 Å². The van der Waals surface area contributed by atoms with Gasteiger partial charge in [-0.05, 0) is 0 Å². The molecule has 0 atom stereocenters. The summed E-state index contributed by atoms with van der Waals surface area (Å²) >= 11 is 19.6. The molecule has 0 aromatic carbocycles. The second-order valence-electron chi connectivity index (χ2n) is 5.64. The van der Waals surface area contributed by atoms with Crippen molar-refractivity contribution in [1.29, 1.82) is 0 Å². The third kappa shape index (κ3) is 10.6. The van der Waals surface area contributed by atoms with Gasteiger partial charge in [0.1, 0.15) is 0 Å². The summed E-state index contributed by atoms with van der Waals surface area (Å²) in [6, 6.07) is 0. The summed E-state index contributed by atoms with van der Waals surface area (Å²) in [6.07, 6.45) is 0. The second kappa shape index (κ2) is 14.7. The predicted molar refractivity (Wildman–Crippen MR) is 110 cm³/mol. The van der Waals surface area contributed by atoms with Crippen LogP contribution in [0.5, 0.6) is 0 Å². The molecule has 2 aliphatic rings. The maximum atomic E-state index is 8.69. The van der Waals surface area contributed by atoms with Crippen molar-refractivity contribution in [1.82, 2.24) is 19.6 Å². The Balaban J connectivity index is 0.000000443. The average Bonchev–Trinajstić information content (AvgIpc) is 2.57. The van der Waals surface area contributed by atoms with Crippen LogP contribution in [0.4, 0.5) is 0 Å². The Morgan fingerprint density at radius 1 is 0.680 bits per heavy atom. The standard InChI is InChI=1S/2C7H14N2OS2.Zn/c2*10-6-5-8-1-3-9(4-2-8)7(11)12;/h2*10H,1-6H2,(H,11,12);/p-2. The molecule has 0 bridgehead atoms. The smallest absolute Gasteiger partial charge is 0.0558 e. The number of rotatable bonds is 4. The maximum absolute atomic E-state index is 8.69. The summed E-state index contributed by atoms with van der Waals surface area (Å²) < 4.78 is 1.14. The van der Waals surface area contributed by atoms with Crippen molar-refractivity contribution >= 4 is 58.3 Å². The van der Waals surface area contributed by atoms with E-state index < -0.39 is 0 Å². The first-order valence-corrected chi connectivity index (χ1v) is 9.69. The van der Waals surface area contributed by atoms with E-state index in [-0.39, 0.29) is 32.7 Å². The first-order valence-electron chi connectivity index (χ1n) is 8.06. The molecular formula is C14H26N4O2S4Zn-2. The van der Waals surface area contributed by atoms with E-state index in [2.05, 4.69) is 9.80 Å². The van der Waals surface area contributed by atoms with E-state index in [9.17, 15) is 0 Å². The molecule has 0 aromatic rings. The van der Waals surface area contributed by atoms with Gasteiger partial charge in [0.05, 0.1) is 13.2 Å². The molecule has 2 aliphatic heterocycles. The minimum absolute atomic E-state index is 0. The van der Waals surface area contributed by atoms with E-state index in [4.69, 9.17) is 59.9 Å². The van der Waals surface area contributed by atoms with Crippen LogP contribution in [0.3, 0.4) is 0 Å². The number of nitrogens with zero attached hydrogens (tertiary/aromatic N) is 4. The fourth-order valence-corrected chi connectivity index (χ4v) is 3.32. The minimum atomic E-state index is 0. The molecule has 11 heteroatoms. The molecular weight excluding hydrogens is 450 g/mol. The fourth-order valence-electron chi connectivity index (χ4n) is 2.59. The van der Waals surface area contributed by atoms with Crippen LogP contribution in [-0.4, -0.2) is 117 Å². The monoisotopic (exact) mass is 474 g/mol. The normalized spacial score (nSPS) is 18.8. The zero-order valence-corrected chi connectivity index (χ0v) is 20.7. The van der Waals surface area contributed by atoms with Gasteiger partial charge in [-0.15, -0.1) is 0 Å². The summed E-state index contributed by atoms with van der Waals surface area (Å²) in [5.74, 6) is 0. The van der Waals surface area contributed by atoms with Gasteiger partial charge in [0.25, 0.3) is 0 Å².